The van der Waals surface area contributed by atoms with Crippen LogP contribution in [0.2, 0.25) is 0 Å². The fourth-order valence-corrected chi connectivity index (χ4v) is 1.01. The zero-order valence-corrected chi connectivity index (χ0v) is 8.10. The van der Waals surface area contributed by atoms with Crippen molar-refractivity contribution in [2.75, 3.05) is 0 Å². The minimum atomic E-state index is -4.53. The smallest absolute Gasteiger partial charge is 0.192 e. The summed E-state index contributed by atoms with van der Waals surface area (Å²) in [7, 11) is 0. The third kappa shape index (κ3) is 3.30. The van der Waals surface area contributed by atoms with E-state index in [1.54, 1.807) is 0 Å². The van der Waals surface area contributed by atoms with E-state index in [9.17, 15) is 13.2 Å². The fraction of sp³-hybridized carbons (Fsp3) is 0.100. The summed E-state index contributed by atoms with van der Waals surface area (Å²) in [6.07, 6.45) is -3.72. The van der Waals surface area contributed by atoms with Crippen molar-refractivity contribution in [2.45, 2.75) is 6.18 Å². The molecule has 0 fully saturated rings. The third-order valence-corrected chi connectivity index (χ3v) is 1.93. The molecule has 0 aliphatic heterocycles. The first-order valence-electron chi connectivity index (χ1n) is 3.88. The van der Waals surface area contributed by atoms with E-state index in [1.165, 1.54) is 24.3 Å². The lowest BCUT2D eigenvalue weighted by atomic mass is 10.1. The predicted octanol–water partition coefficient (Wildman–Crippen LogP) is 3.70. The Morgan fingerprint density at radius 3 is 2.20 bits per heavy atom. The average molecular weight is 232 g/mol. The van der Waals surface area contributed by atoms with Gasteiger partial charge in [-0.25, -0.2) is 0 Å². The first-order chi connectivity index (χ1) is 6.93. The van der Waals surface area contributed by atoms with E-state index >= 15 is 0 Å². The van der Waals surface area contributed by atoms with Gasteiger partial charge >= 0.3 is 6.18 Å². The number of benzene rings is 1. The number of rotatable bonds is 1. The highest BCUT2D eigenvalue weighted by atomic mass is 35.5. The first-order valence-corrected chi connectivity index (χ1v) is 4.26. The van der Waals surface area contributed by atoms with Gasteiger partial charge in [-0.15, -0.1) is 0 Å². The lowest BCUT2D eigenvalue weighted by molar-refractivity contribution is -0.0836. The van der Waals surface area contributed by atoms with E-state index in [0.29, 0.717) is 11.1 Å². The molecule has 0 aliphatic carbocycles. The van der Waals surface area contributed by atoms with E-state index in [-0.39, 0.29) is 0 Å². The summed E-state index contributed by atoms with van der Waals surface area (Å²) in [6, 6.07) is 7.50. The van der Waals surface area contributed by atoms with Gasteiger partial charge in [-0.05, 0) is 23.8 Å². The number of nitriles is 1. The second kappa shape index (κ2) is 4.37. The third-order valence-electron chi connectivity index (χ3n) is 1.60. The molecular weight excluding hydrogens is 227 g/mol. The monoisotopic (exact) mass is 231 g/mol. The summed E-state index contributed by atoms with van der Waals surface area (Å²) in [6.45, 7) is 0. The van der Waals surface area contributed by atoms with Crippen LogP contribution in [0.3, 0.4) is 0 Å². The van der Waals surface area contributed by atoms with Gasteiger partial charge in [-0.1, -0.05) is 23.7 Å². The zero-order valence-electron chi connectivity index (χ0n) is 7.35. The van der Waals surface area contributed by atoms with Gasteiger partial charge in [0, 0.05) is 0 Å². The topological polar surface area (TPSA) is 23.8 Å². The van der Waals surface area contributed by atoms with Crippen molar-refractivity contribution in [2.24, 2.45) is 0 Å². The minimum absolute atomic E-state index is 0.302. The molecule has 1 rings (SSSR count). The Morgan fingerprint density at radius 1 is 1.27 bits per heavy atom. The Labute approximate surface area is 89.4 Å². The molecule has 0 aromatic heterocycles. The number of hydrogen-bond acceptors (Lipinski definition) is 1. The van der Waals surface area contributed by atoms with Crippen molar-refractivity contribution in [3.8, 4) is 6.07 Å². The SMILES string of the molecule is N#Cc1ccc(C=C(Cl)C(F)(F)F)cc1. The number of nitrogens with zero attached hydrogens (tertiary/aromatic N) is 1. The highest BCUT2D eigenvalue weighted by molar-refractivity contribution is 6.32. The summed E-state index contributed by atoms with van der Waals surface area (Å²) in [5.41, 5.74) is 0.687. The summed E-state index contributed by atoms with van der Waals surface area (Å²) in [5.74, 6) is 0. The quantitative estimate of drug-likeness (QED) is 0.723. The molecule has 0 atom stereocenters. The van der Waals surface area contributed by atoms with Gasteiger partial charge in [0.15, 0.2) is 0 Å². The number of allylic oxidation sites excluding steroid dienone is 1. The lowest BCUT2D eigenvalue weighted by Crippen LogP contribution is -2.06. The second-order valence-electron chi connectivity index (χ2n) is 2.72. The van der Waals surface area contributed by atoms with Crippen molar-refractivity contribution in [3.63, 3.8) is 0 Å². The van der Waals surface area contributed by atoms with Gasteiger partial charge in [-0.2, -0.15) is 18.4 Å². The molecule has 0 bridgehead atoms. The molecule has 15 heavy (non-hydrogen) atoms. The van der Waals surface area contributed by atoms with Gasteiger partial charge in [0.1, 0.15) is 5.03 Å². The van der Waals surface area contributed by atoms with E-state index in [0.717, 1.165) is 6.08 Å². The van der Waals surface area contributed by atoms with Crippen LogP contribution in [-0.4, -0.2) is 6.18 Å². The normalized spacial score (nSPS) is 12.3. The van der Waals surface area contributed by atoms with E-state index in [4.69, 9.17) is 16.9 Å². The average Bonchev–Trinajstić information content (AvgIpc) is 2.17. The molecule has 5 heteroatoms. The predicted molar refractivity (Wildman–Crippen MR) is 51.0 cm³/mol. The van der Waals surface area contributed by atoms with Crippen molar-refractivity contribution in [1.82, 2.24) is 0 Å². The number of alkyl halides is 3. The maximum absolute atomic E-state index is 12.0. The molecule has 0 amide bonds. The molecule has 0 spiro atoms. The minimum Gasteiger partial charge on any atom is -0.192 e. The first kappa shape index (κ1) is 11.6. The summed E-state index contributed by atoms with van der Waals surface area (Å²) in [5, 5.41) is 7.28. The molecule has 1 aromatic carbocycles. The standard InChI is InChI=1S/C10H5ClF3N/c11-9(10(12,13)14)5-7-1-3-8(6-15)4-2-7/h1-5H. The molecule has 0 aliphatic rings. The van der Waals surface area contributed by atoms with Crippen molar-refractivity contribution in [3.05, 3.63) is 40.4 Å². The summed E-state index contributed by atoms with van der Waals surface area (Å²) in [4.78, 5) is 0. The Balaban J connectivity index is 2.96. The Hall–Kier alpha value is -1.47. The fourth-order valence-electron chi connectivity index (χ4n) is 0.882. The largest absolute Gasteiger partial charge is 0.426 e. The van der Waals surface area contributed by atoms with Crippen LogP contribution in [-0.2, 0) is 0 Å². The highest BCUT2D eigenvalue weighted by Gasteiger charge is 2.32. The van der Waals surface area contributed by atoms with Crippen LogP contribution in [0.5, 0.6) is 0 Å². The molecule has 1 aromatic rings. The Bertz CT molecular complexity index is 412. The molecule has 1 nitrogen and oxygen atoms in total. The van der Waals surface area contributed by atoms with Crippen LogP contribution in [0, 0.1) is 11.3 Å². The molecule has 0 saturated heterocycles. The van der Waals surface area contributed by atoms with Crippen molar-refractivity contribution < 1.29 is 13.2 Å². The zero-order chi connectivity index (χ0) is 11.5. The van der Waals surface area contributed by atoms with Gasteiger partial charge in [0.05, 0.1) is 11.6 Å². The molecule has 78 valence electrons. The van der Waals surface area contributed by atoms with Gasteiger partial charge in [-0.3, -0.25) is 0 Å². The van der Waals surface area contributed by atoms with E-state index in [1.807, 2.05) is 6.07 Å². The number of halogens is 4. The Kier molecular flexibility index (Phi) is 3.38. The molecule has 0 saturated carbocycles. The van der Waals surface area contributed by atoms with Gasteiger partial charge in [0.2, 0.25) is 0 Å². The molecular formula is C10H5ClF3N. The van der Waals surface area contributed by atoms with Crippen LogP contribution in [0.25, 0.3) is 6.08 Å². The van der Waals surface area contributed by atoms with Crippen molar-refractivity contribution in [1.29, 1.82) is 5.26 Å². The maximum Gasteiger partial charge on any atom is 0.426 e. The lowest BCUT2D eigenvalue weighted by Gasteiger charge is -2.03. The van der Waals surface area contributed by atoms with Crippen LogP contribution < -0.4 is 0 Å². The van der Waals surface area contributed by atoms with Crippen molar-refractivity contribution >= 4 is 17.7 Å². The van der Waals surface area contributed by atoms with E-state index < -0.39 is 11.2 Å². The maximum atomic E-state index is 12.0. The molecule has 0 heterocycles. The number of hydrogen-bond donors (Lipinski definition) is 0. The Morgan fingerprint density at radius 2 is 1.80 bits per heavy atom. The molecule has 0 unspecified atom stereocenters. The van der Waals surface area contributed by atoms with Crippen LogP contribution in [0.4, 0.5) is 13.2 Å². The molecule has 0 N–H and O–H groups in total. The molecule has 0 radical (unpaired) electrons. The van der Waals surface area contributed by atoms with Gasteiger partial charge in [0.25, 0.3) is 0 Å². The summed E-state index contributed by atoms with van der Waals surface area (Å²) < 4.78 is 36.1. The van der Waals surface area contributed by atoms with Crippen LogP contribution in [0.15, 0.2) is 29.3 Å². The second-order valence-corrected chi connectivity index (χ2v) is 3.13. The van der Waals surface area contributed by atoms with E-state index in [2.05, 4.69) is 0 Å². The van der Waals surface area contributed by atoms with Gasteiger partial charge < -0.3 is 0 Å². The highest BCUT2D eigenvalue weighted by Crippen LogP contribution is 2.30. The van der Waals surface area contributed by atoms with Crippen LogP contribution in [0.1, 0.15) is 11.1 Å². The van der Waals surface area contributed by atoms with Crippen LogP contribution >= 0.6 is 11.6 Å². The summed E-state index contributed by atoms with van der Waals surface area (Å²) >= 11 is 5.04.